The predicted octanol–water partition coefficient (Wildman–Crippen LogP) is 4.35. The summed E-state index contributed by atoms with van der Waals surface area (Å²) in [6.45, 7) is 0.568. The molecule has 0 fully saturated rings. The van der Waals surface area contributed by atoms with Crippen molar-refractivity contribution >= 4 is 33.6 Å². The zero-order valence-electron chi connectivity index (χ0n) is 15.9. The van der Waals surface area contributed by atoms with Gasteiger partial charge in [0, 0.05) is 11.0 Å². The molecule has 7 heteroatoms. The van der Waals surface area contributed by atoms with Gasteiger partial charge in [0.05, 0.1) is 23.7 Å². The molecule has 28 heavy (non-hydrogen) atoms. The lowest BCUT2D eigenvalue weighted by Gasteiger charge is -2.25. The number of nitrogens with one attached hydrogen (secondary N) is 2. The van der Waals surface area contributed by atoms with Gasteiger partial charge in [-0.25, -0.2) is 4.98 Å². The first-order valence-corrected chi connectivity index (χ1v) is 10.7. The second-order valence-electron chi connectivity index (χ2n) is 6.59. The van der Waals surface area contributed by atoms with E-state index >= 15 is 0 Å². The average molecular weight is 459 g/mol. The van der Waals surface area contributed by atoms with Crippen LogP contribution >= 0.6 is 27.7 Å². The standard InChI is InChI=1S/C21H23BrN4OS/c1-26(2)19(16-6-4-3-5-7-16)13-23-20(27)14-28-21-24-12-18(25-21)15-8-10-17(22)11-9-15/h3-12,19H,13-14H2,1-2H3,(H,23,27)(H,24,25)/t19-/m0/s1. The van der Waals surface area contributed by atoms with Gasteiger partial charge in [-0.2, -0.15) is 0 Å². The van der Waals surface area contributed by atoms with Crippen LogP contribution in [0.3, 0.4) is 0 Å². The van der Waals surface area contributed by atoms with Crippen molar-refractivity contribution in [1.29, 1.82) is 0 Å². The van der Waals surface area contributed by atoms with E-state index in [2.05, 4.69) is 48.2 Å². The zero-order valence-corrected chi connectivity index (χ0v) is 18.3. The topological polar surface area (TPSA) is 61.0 Å². The van der Waals surface area contributed by atoms with E-state index in [0.29, 0.717) is 12.3 Å². The largest absolute Gasteiger partial charge is 0.353 e. The van der Waals surface area contributed by atoms with E-state index in [1.165, 1.54) is 17.3 Å². The van der Waals surface area contributed by atoms with E-state index in [1.54, 1.807) is 6.20 Å². The number of nitrogens with zero attached hydrogens (tertiary/aromatic N) is 2. The molecule has 0 aliphatic carbocycles. The minimum absolute atomic E-state index is 0.00521. The fourth-order valence-electron chi connectivity index (χ4n) is 2.82. The van der Waals surface area contributed by atoms with Crippen molar-refractivity contribution < 1.29 is 4.79 Å². The summed E-state index contributed by atoms with van der Waals surface area (Å²) < 4.78 is 1.04. The third-order valence-corrected chi connectivity index (χ3v) is 5.76. The van der Waals surface area contributed by atoms with E-state index in [0.717, 1.165) is 20.9 Å². The smallest absolute Gasteiger partial charge is 0.230 e. The Kier molecular flexibility index (Phi) is 7.30. The summed E-state index contributed by atoms with van der Waals surface area (Å²) in [5.41, 5.74) is 3.18. The molecule has 0 radical (unpaired) electrons. The number of rotatable bonds is 8. The van der Waals surface area contributed by atoms with Gasteiger partial charge in [0.1, 0.15) is 0 Å². The Hall–Kier alpha value is -2.09. The Morgan fingerprint density at radius 2 is 1.89 bits per heavy atom. The van der Waals surface area contributed by atoms with Crippen molar-refractivity contribution in [3.8, 4) is 11.3 Å². The lowest BCUT2D eigenvalue weighted by Crippen LogP contribution is -2.35. The monoisotopic (exact) mass is 458 g/mol. The van der Waals surface area contributed by atoms with Gasteiger partial charge in [-0.05, 0) is 37.4 Å². The molecule has 146 valence electrons. The van der Waals surface area contributed by atoms with Gasteiger partial charge in [0.2, 0.25) is 5.91 Å². The van der Waals surface area contributed by atoms with E-state index in [4.69, 9.17) is 0 Å². The van der Waals surface area contributed by atoms with Gasteiger partial charge in [-0.15, -0.1) is 0 Å². The van der Waals surface area contributed by atoms with E-state index in [-0.39, 0.29) is 11.9 Å². The molecule has 1 atom stereocenters. The Bertz CT molecular complexity index is 896. The van der Waals surface area contributed by atoms with Crippen LogP contribution < -0.4 is 5.32 Å². The summed E-state index contributed by atoms with van der Waals surface area (Å²) in [7, 11) is 4.04. The highest BCUT2D eigenvalue weighted by Crippen LogP contribution is 2.23. The van der Waals surface area contributed by atoms with E-state index in [9.17, 15) is 4.79 Å². The van der Waals surface area contributed by atoms with Crippen molar-refractivity contribution in [2.45, 2.75) is 11.2 Å². The van der Waals surface area contributed by atoms with Gasteiger partial charge >= 0.3 is 0 Å². The maximum Gasteiger partial charge on any atom is 0.230 e. The zero-order chi connectivity index (χ0) is 19.9. The van der Waals surface area contributed by atoms with Crippen molar-refractivity contribution in [2.24, 2.45) is 0 Å². The van der Waals surface area contributed by atoms with Gasteiger partial charge < -0.3 is 15.2 Å². The number of carbonyl (C=O) groups is 1. The third kappa shape index (κ3) is 5.70. The minimum atomic E-state index is -0.00521. The SMILES string of the molecule is CN(C)[C@@H](CNC(=O)CSc1ncc(-c2ccc(Br)cc2)[nH]1)c1ccccc1. The second-order valence-corrected chi connectivity index (χ2v) is 8.47. The van der Waals surface area contributed by atoms with Gasteiger partial charge in [0.25, 0.3) is 0 Å². The summed E-state index contributed by atoms with van der Waals surface area (Å²) in [4.78, 5) is 22.0. The second kappa shape index (κ2) is 9.91. The minimum Gasteiger partial charge on any atom is -0.353 e. The molecule has 0 saturated carbocycles. The number of benzene rings is 2. The molecule has 1 heterocycles. The number of carbonyl (C=O) groups excluding carboxylic acids is 1. The number of halogens is 1. The number of aromatic nitrogens is 2. The fraction of sp³-hybridized carbons (Fsp3) is 0.238. The van der Waals surface area contributed by atoms with Crippen LogP contribution in [0.4, 0.5) is 0 Å². The average Bonchev–Trinajstić information content (AvgIpc) is 3.17. The lowest BCUT2D eigenvalue weighted by molar-refractivity contribution is -0.118. The van der Waals surface area contributed by atoms with Crippen molar-refractivity contribution in [3.05, 3.63) is 70.8 Å². The first kappa shape index (κ1) is 20.6. The van der Waals surface area contributed by atoms with Crippen molar-refractivity contribution in [3.63, 3.8) is 0 Å². The maximum atomic E-state index is 12.3. The van der Waals surface area contributed by atoms with Crippen molar-refractivity contribution in [2.75, 3.05) is 26.4 Å². The Morgan fingerprint density at radius 3 is 2.57 bits per heavy atom. The number of thioether (sulfide) groups is 1. The molecule has 1 amide bonds. The van der Waals surface area contributed by atoms with Gasteiger partial charge in [-0.3, -0.25) is 4.79 Å². The number of amides is 1. The normalized spacial score (nSPS) is 12.1. The Morgan fingerprint density at radius 1 is 1.18 bits per heavy atom. The molecule has 0 aliphatic heterocycles. The highest BCUT2D eigenvalue weighted by Gasteiger charge is 2.15. The summed E-state index contributed by atoms with van der Waals surface area (Å²) in [5, 5.41) is 3.77. The first-order chi connectivity index (χ1) is 13.5. The number of hydrogen-bond donors (Lipinski definition) is 2. The lowest BCUT2D eigenvalue weighted by atomic mass is 10.1. The van der Waals surface area contributed by atoms with Crippen LogP contribution in [0, 0.1) is 0 Å². The van der Waals surface area contributed by atoms with Crippen LogP contribution in [0.2, 0.25) is 0 Å². The molecule has 0 spiro atoms. The van der Waals surface area contributed by atoms with Crippen LogP contribution in [0.1, 0.15) is 11.6 Å². The van der Waals surface area contributed by atoms with Crippen LogP contribution in [0.25, 0.3) is 11.3 Å². The summed E-state index contributed by atoms with van der Waals surface area (Å²) in [5.74, 6) is 0.316. The molecule has 3 aromatic rings. The maximum absolute atomic E-state index is 12.3. The van der Waals surface area contributed by atoms with Crippen LogP contribution in [0.5, 0.6) is 0 Å². The highest BCUT2D eigenvalue weighted by molar-refractivity contribution is 9.10. The van der Waals surface area contributed by atoms with E-state index < -0.39 is 0 Å². The molecular formula is C21H23BrN4OS. The number of hydrogen-bond acceptors (Lipinski definition) is 4. The quantitative estimate of drug-likeness (QED) is 0.492. The molecule has 0 bridgehead atoms. The molecule has 0 aliphatic rings. The fourth-order valence-corrected chi connectivity index (χ4v) is 3.77. The predicted molar refractivity (Wildman–Crippen MR) is 118 cm³/mol. The summed E-state index contributed by atoms with van der Waals surface area (Å²) in [6, 6.07) is 18.4. The van der Waals surface area contributed by atoms with Gasteiger partial charge in [-0.1, -0.05) is 70.2 Å². The van der Waals surface area contributed by atoms with Crippen LogP contribution in [0.15, 0.2) is 70.4 Å². The number of likely N-dealkylation sites (N-methyl/N-ethyl adjacent to an activating group) is 1. The van der Waals surface area contributed by atoms with Crippen LogP contribution in [-0.2, 0) is 4.79 Å². The molecule has 2 N–H and O–H groups in total. The number of aromatic amines is 1. The first-order valence-electron chi connectivity index (χ1n) is 8.95. The molecule has 5 nitrogen and oxygen atoms in total. The Balaban J connectivity index is 1.51. The van der Waals surface area contributed by atoms with Gasteiger partial charge in [0.15, 0.2) is 5.16 Å². The molecular weight excluding hydrogens is 436 g/mol. The molecule has 0 unspecified atom stereocenters. The molecule has 1 aromatic heterocycles. The van der Waals surface area contributed by atoms with E-state index in [1.807, 2.05) is 56.6 Å². The number of imidazole rings is 1. The molecule has 0 saturated heterocycles. The van der Waals surface area contributed by atoms with Crippen molar-refractivity contribution in [1.82, 2.24) is 20.2 Å². The van der Waals surface area contributed by atoms with Crippen LogP contribution in [-0.4, -0.2) is 47.2 Å². The summed E-state index contributed by atoms with van der Waals surface area (Å²) >= 11 is 4.84. The molecule has 2 aromatic carbocycles. The third-order valence-electron chi connectivity index (χ3n) is 4.35. The highest BCUT2D eigenvalue weighted by atomic mass is 79.9. The molecule has 3 rings (SSSR count). The Labute approximate surface area is 178 Å². The number of H-pyrrole nitrogens is 1. The summed E-state index contributed by atoms with van der Waals surface area (Å²) in [6.07, 6.45) is 1.79.